The fraction of sp³-hybridized carbons (Fsp3) is 0.688. The first-order valence-corrected chi connectivity index (χ1v) is 8.37. The lowest BCUT2D eigenvalue weighted by atomic mass is 10.1. The zero-order chi connectivity index (χ0) is 14.7. The largest absolute Gasteiger partial charge is 0.340 e. The smallest absolute Gasteiger partial charge is 0.222 e. The number of hydrogen-bond donors (Lipinski definition) is 1. The van der Waals surface area contributed by atoms with E-state index in [-0.39, 0.29) is 0 Å². The molecule has 0 saturated carbocycles. The number of hydrogen-bond acceptors (Lipinski definition) is 3. The Hall–Kier alpha value is -0.870. The second-order valence-electron chi connectivity index (χ2n) is 6.06. The Labute approximate surface area is 126 Å². The zero-order valence-corrected chi connectivity index (χ0v) is 13.8. The summed E-state index contributed by atoms with van der Waals surface area (Å²) < 4.78 is 0. The van der Waals surface area contributed by atoms with E-state index < -0.39 is 0 Å². The molecular formula is C16H26N2OS. The van der Waals surface area contributed by atoms with E-state index in [2.05, 4.69) is 39.1 Å². The highest BCUT2D eigenvalue weighted by Gasteiger charge is 2.24. The van der Waals surface area contributed by atoms with E-state index in [9.17, 15) is 4.79 Å². The molecule has 1 fully saturated rings. The minimum absolute atomic E-state index is 0.315. The summed E-state index contributed by atoms with van der Waals surface area (Å²) in [6.45, 7) is 10.3. The van der Waals surface area contributed by atoms with Crippen molar-refractivity contribution in [1.29, 1.82) is 0 Å². The molecule has 0 radical (unpaired) electrons. The van der Waals surface area contributed by atoms with E-state index in [0.717, 1.165) is 25.9 Å². The van der Waals surface area contributed by atoms with Crippen LogP contribution in [0.5, 0.6) is 0 Å². The molecule has 1 aliphatic rings. The number of thiophene rings is 1. The first-order valence-electron chi connectivity index (χ1n) is 7.55. The molecule has 0 aliphatic carbocycles. The van der Waals surface area contributed by atoms with Gasteiger partial charge in [0, 0.05) is 41.3 Å². The summed E-state index contributed by atoms with van der Waals surface area (Å²) in [5, 5.41) is 3.46. The molecule has 20 heavy (non-hydrogen) atoms. The molecule has 1 aromatic rings. The van der Waals surface area contributed by atoms with Crippen LogP contribution in [-0.2, 0) is 11.2 Å². The van der Waals surface area contributed by atoms with Crippen molar-refractivity contribution in [2.24, 2.45) is 0 Å². The van der Waals surface area contributed by atoms with Crippen LogP contribution in [-0.4, -0.2) is 36.0 Å². The molecule has 1 aliphatic heterocycles. The Morgan fingerprint density at radius 2 is 2.00 bits per heavy atom. The molecule has 2 heterocycles. The average molecular weight is 294 g/mol. The molecule has 0 unspecified atom stereocenters. The minimum atomic E-state index is 0.315. The second-order valence-corrected chi connectivity index (χ2v) is 7.52. The number of carbonyl (C=O) groups is 1. The highest BCUT2D eigenvalue weighted by Crippen LogP contribution is 2.22. The van der Waals surface area contributed by atoms with Gasteiger partial charge < -0.3 is 10.2 Å². The fourth-order valence-corrected chi connectivity index (χ4v) is 4.03. The monoisotopic (exact) mass is 294 g/mol. The van der Waals surface area contributed by atoms with Crippen molar-refractivity contribution >= 4 is 17.2 Å². The van der Waals surface area contributed by atoms with Gasteiger partial charge in [-0.05, 0) is 52.2 Å². The van der Waals surface area contributed by atoms with Crippen LogP contribution in [0.25, 0.3) is 0 Å². The summed E-state index contributed by atoms with van der Waals surface area (Å²) >= 11 is 1.85. The molecule has 1 N–H and O–H groups in total. The molecule has 0 aromatic carbocycles. The van der Waals surface area contributed by atoms with Crippen LogP contribution in [0.3, 0.4) is 0 Å². The third kappa shape index (κ3) is 4.06. The van der Waals surface area contributed by atoms with E-state index in [4.69, 9.17) is 0 Å². The standard InChI is InChI=1S/C16H26N2OS/c1-11-9-18(10-12(2)17-11)16(19)7-5-6-15-8-13(3)20-14(15)4/h8,11-12,17H,5-7,9-10H2,1-4H3/t11-,12+. The van der Waals surface area contributed by atoms with Gasteiger partial charge in [-0.2, -0.15) is 0 Å². The Morgan fingerprint density at radius 1 is 1.35 bits per heavy atom. The maximum atomic E-state index is 12.3. The Bertz CT molecular complexity index is 459. The molecule has 1 aromatic heterocycles. The molecule has 2 atom stereocenters. The molecule has 0 bridgehead atoms. The molecular weight excluding hydrogens is 268 g/mol. The molecule has 112 valence electrons. The predicted octanol–water partition coefficient (Wildman–Crippen LogP) is 2.90. The zero-order valence-electron chi connectivity index (χ0n) is 13.0. The van der Waals surface area contributed by atoms with Gasteiger partial charge in [0.25, 0.3) is 0 Å². The predicted molar refractivity (Wildman–Crippen MR) is 85.4 cm³/mol. The first-order chi connectivity index (χ1) is 9.45. The quantitative estimate of drug-likeness (QED) is 0.926. The fourth-order valence-electron chi connectivity index (χ4n) is 3.05. The number of nitrogens with one attached hydrogen (secondary N) is 1. The lowest BCUT2D eigenvalue weighted by Crippen LogP contribution is -2.55. The molecule has 1 amide bonds. The van der Waals surface area contributed by atoms with E-state index in [1.54, 1.807) is 0 Å². The van der Waals surface area contributed by atoms with Gasteiger partial charge in [-0.15, -0.1) is 11.3 Å². The number of carbonyl (C=O) groups excluding carboxylic acids is 1. The van der Waals surface area contributed by atoms with Gasteiger partial charge in [-0.3, -0.25) is 4.79 Å². The first kappa shape index (κ1) is 15.5. The summed E-state index contributed by atoms with van der Waals surface area (Å²) in [6, 6.07) is 3.08. The maximum absolute atomic E-state index is 12.3. The van der Waals surface area contributed by atoms with Crippen molar-refractivity contribution in [2.45, 2.75) is 59.0 Å². The van der Waals surface area contributed by atoms with Crippen molar-refractivity contribution in [3.63, 3.8) is 0 Å². The van der Waals surface area contributed by atoms with Crippen LogP contribution < -0.4 is 5.32 Å². The number of aryl methyl sites for hydroxylation is 3. The maximum Gasteiger partial charge on any atom is 0.222 e. The van der Waals surface area contributed by atoms with Crippen LogP contribution in [0.2, 0.25) is 0 Å². The van der Waals surface area contributed by atoms with E-state index in [1.165, 1.54) is 15.3 Å². The number of piperazine rings is 1. The summed E-state index contributed by atoms with van der Waals surface area (Å²) in [4.78, 5) is 17.1. The Morgan fingerprint density at radius 3 is 2.55 bits per heavy atom. The second kappa shape index (κ2) is 6.72. The van der Waals surface area contributed by atoms with Crippen LogP contribution >= 0.6 is 11.3 Å². The van der Waals surface area contributed by atoms with Crippen LogP contribution in [0.4, 0.5) is 0 Å². The third-order valence-electron chi connectivity index (χ3n) is 3.89. The highest BCUT2D eigenvalue weighted by molar-refractivity contribution is 7.12. The lowest BCUT2D eigenvalue weighted by molar-refractivity contribution is -0.133. The normalized spacial score (nSPS) is 23.1. The van der Waals surface area contributed by atoms with Gasteiger partial charge in [0.1, 0.15) is 0 Å². The molecule has 3 nitrogen and oxygen atoms in total. The average Bonchev–Trinajstić information content (AvgIpc) is 2.66. The van der Waals surface area contributed by atoms with Gasteiger partial charge in [-0.25, -0.2) is 0 Å². The third-order valence-corrected chi connectivity index (χ3v) is 4.90. The van der Waals surface area contributed by atoms with Crippen molar-refractivity contribution in [3.8, 4) is 0 Å². The SMILES string of the molecule is Cc1cc(CCCC(=O)N2C[C@@H](C)N[C@@H](C)C2)c(C)s1. The van der Waals surface area contributed by atoms with Crippen LogP contribution in [0.15, 0.2) is 6.07 Å². The lowest BCUT2D eigenvalue weighted by Gasteiger charge is -2.36. The molecule has 0 spiro atoms. The van der Waals surface area contributed by atoms with Gasteiger partial charge in [-0.1, -0.05) is 0 Å². The summed E-state index contributed by atoms with van der Waals surface area (Å²) in [7, 11) is 0. The topological polar surface area (TPSA) is 32.3 Å². The number of nitrogens with zero attached hydrogens (tertiary/aromatic N) is 1. The van der Waals surface area contributed by atoms with Gasteiger partial charge in [0.05, 0.1) is 0 Å². The summed E-state index contributed by atoms with van der Waals surface area (Å²) in [6.07, 6.45) is 2.66. The van der Waals surface area contributed by atoms with Crippen molar-refractivity contribution < 1.29 is 4.79 Å². The molecule has 1 saturated heterocycles. The highest BCUT2D eigenvalue weighted by atomic mass is 32.1. The Balaban J connectivity index is 1.79. The van der Waals surface area contributed by atoms with E-state index >= 15 is 0 Å². The van der Waals surface area contributed by atoms with E-state index in [0.29, 0.717) is 24.4 Å². The molecule has 4 heteroatoms. The molecule has 2 rings (SSSR count). The van der Waals surface area contributed by atoms with Crippen molar-refractivity contribution in [2.75, 3.05) is 13.1 Å². The van der Waals surface area contributed by atoms with Gasteiger partial charge in [0.2, 0.25) is 5.91 Å². The van der Waals surface area contributed by atoms with Crippen molar-refractivity contribution in [3.05, 3.63) is 21.4 Å². The number of rotatable bonds is 4. The van der Waals surface area contributed by atoms with Crippen LogP contribution in [0.1, 0.15) is 42.0 Å². The van der Waals surface area contributed by atoms with Crippen molar-refractivity contribution in [1.82, 2.24) is 10.2 Å². The summed E-state index contributed by atoms with van der Waals surface area (Å²) in [5.41, 5.74) is 1.42. The van der Waals surface area contributed by atoms with Crippen LogP contribution in [0, 0.1) is 13.8 Å². The van der Waals surface area contributed by atoms with E-state index in [1.807, 2.05) is 16.2 Å². The summed E-state index contributed by atoms with van der Waals surface area (Å²) in [5.74, 6) is 0.315. The Kier molecular flexibility index (Phi) is 5.22. The minimum Gasteiger partial charge on any atom is -0.340 e. The number of amides is 1. The van der Waals surface area contributed by atoms with Gasteiger partial charge in [0.15, 0.2) is 0 Å². The van der Waals surface area contributed by atoms with Gasteiger partial charge >= 0.3 is 0 Å².